The Morgan fingerprint density at radius 3 is 1.83 bits per heavy atom. The largest absolute Gasteiger partial charge is 0.466 e. The zero-order valence-corrected chi connectivity index (χ0v) is 16.6. The first-order valence-electron chi connectivity index (χ1n) is 9.31. The average molecular weight is 392 g/mol. The van der Waals surface area contributed by atoms with Crippen LogP contribution < -0.4 is 4.74 Å². The van der Waals surface area contributed by atoms with Crippen molar-refractivity contribution in [1.29, 1.82) is 0 Å². The number of hydrogen-bond donors (Lipinski definition) is 0. The van der Waals surface area contributed by atoms with Gasteiger partial charge in [0, 0.05) is 18.2 Å². The van der Waals surface area contributed by atoms with Crippen molar-refractivity contribution in [3.05, 3.63) is 78.4 Å². The maximum absolute atomic E-state index is 12.3. The first-order valence-corrected chi connectivity index (χ1v) is 9.31. The van der Waals surface area contributed by atoms with Crippen LogP contribution in [0.1, 0.15) is 10.4 Å². The summed E-state index contributed by atoms with van der Waals surface area (Å²) in [6.45, 7) is 0.987. The zero-order valence-electron chi connectivity index (χ0n) is 16.6. The van der Waals surface area contributed by atoms with Gasteiger partial charge in [-0.3, -0.25) is 0 Å². The molecule has 0 heterocycles. The Morgan fingerprint density at radius 1 is 0.793 bits per heavy atom. The van der Waals surface area contributed by atoms with Gasteiger partial charge < -0.3 is 18.9 Å². The average Bonchev–Trinajstić information content (AvgIpc) is 2.79. The Bertz CT molecular complexity index is 862. The third kappa shape index (κ3) is 5.22. The second-order valence-electron chi connectivity index (χ2n) is 6.29. The molecule has 0 radical (unpaired) electrons. The lowest BCUT2D eigenvalue weighted by molar-refractivity contribution is -0.00797. The molecule has 0 N–H and O–H groups in total. The van der Waals surface area contributed by atoms with Crippen LogP contribution in [0.2, 0.25) is 0 Å². The zero-order chi connectivity index (χ0) is 20.5. The molecule has 0 amide bonds. The molecule has 150 valence electrons. The van der Waals surface area contributed by atoms with E-state index in [9.17, 15) is 4.79 Å². The fraction of sp³-hybridized carbons (Fsp3) is 0.208. The maximum Gasteiger partial charge on any atom is 0.337 e. The smallest absolute Gasteiger partial charge is 0.337 e. The second-order valence-corrected chi connectivity index (χ2v) is 6.29. The van der Waals surface area contributed by atoms with Crippen molar-refractivity contribution in [2.24, 2.45) is 0 Å². The quantitative estimate of drug-likeness (QED) is 0.297. The van der Waals surface area contributed by atoms with E-state index in [0.29, 0.717) is 24.5 Å². The van der Waals surface area contributed by atoms with E-state index < -0.39 is 5.97 Å². The van der Waals surface area contributed by atoms with Gasteiger partial charge >= 0.3 is 5.97 Å². The monoisotopic (exact) mass is 392 g/mol. The van der Waals surface area contributed by atoms with Crippen LogP contribution in [-0.4, -0.2) is 40.2 Å². The molecule has 0 atom stereocenters. The molecule has 0 aromatic heterocycles. The van der Waals surface area contributed by atoms with Crippen molar-refractivity contribution in [2.75, 3.05) is 34.2 Å². The number of benzene rings is 3. The van der Waals surface area contributed by atoms with Gasteiger partial charge in [0.25, 0.3) is 0 Å². The molecule has 3 rings (SSSR count). The number of hydrogen-bond acceptors (Lipinski definition) is 5. The van der Waals surface area contributed by atoms with Crippen LogP contribution in [0.15, 0.2) is 72.8 Å². The van der Waals surface area contributed by atoms with E-state index in [-0.39, 0.29) is 6.79 Å². The van der Waals surface area contributed by atoms with E-state index in [1.807, 2.05) is 60.7 Å². The minimum absolute atomic E-state index is 0.0700. The molecule has 5 heteroatoms. The van der Waals surface area contributed by atoms with Crippen LogP contribution in [0, 0.1) is 0 Å². The van der Waals surface area contributed by atoms with Gasteiger partial charge in [-0.15, -0.1) is 0 Å². The van der Waals surface area contributed by atoms with Gasteiger partial charge in [-0.1, -0.05) is 60.7 Å². The van der Waals surface area contributed by atoms with Crippen LogP contribution in [0.4, 0.5) is 0 Å². The van der Waals surface area contributed by atoms with Crippen LogP contribution in [0.25, 0.3) is 22.3 Å². The topological polar surface area (TPSA) is 54.0 Å². The molecule has 3 aromatic rings. The van der Waals surface area contributed by atoms with Crippen molar-refractivity contribution in [3.8, 4) is 28.0 Å². The minimum atomic E-state index is -0.401. The van der Waals surface area contributed by atoms with Crippen LogP contribution in [-0.2, 0) is 14.2 Å². The lowest BCUT2D eigenvalue weighted by Gasteiger charge is -2.18. The molecule has 29 heavy (non-hydrogen) atoms. The van der Waals surface area contributed by atoms with Gasteiger partial charge in [0.1, 0.15) is 5.75 Å². The van der Waals surface area contributed by atoms with E-state index in [4.69, 9.17) is 18.9 Å². The maximum atomic E-state index is 12.3. The van der Waals surface area contributed by atoms with Crippen molar-refractivity contribution in [2.45, 2.75) is 0 Å². The molecule has 0 aliphatic heterocycles. The molecule has 0 fully saturated rings. The van der Waals surface area contributed by atoms with E-state index >= 15 is 0 Å². The molecular weight excluding hydrogens is 368 g/mol. The Labute approximate surface area is 170 Å². The van der Waals surface area contributed by atoms with E-state index in [2.05, 4.69) is 0 Å². The van der Waals surface area contributed by atoms with Gasteiger partial charge in [0.2, 0.25) is 0 Å². The summed E-state index contributed by atoms with van der Waals surface area (Å²) in [7, 11) is 3.00. The molecule has 0 aliphatic rings. The fourth-order valence-corrected chi connectivity index (χ4v) is 2.99. The molecule has 0 aliphatic carbocycles. The van der Waals surface area contributed by atoms with E-state index in [0.717, 1.165) is 22.3 Å². The second kappa shape index (κ2) is 10.4. The predicted molar refractivity (Wildman–Crippen MR) is 112 cm³/mol. The predicted octanol–water partition coefficient (Wildman–Crippen LogP) is 4.81. The van der Waals surface area contributed by atoms with E-state index in [1.165, 1.54) is 7.11 Å². The van der Waals surface area contributed by atoms with Crippen molar-refractivity contribution in [3.63, 3.8) is 0 Å². The number of carbonyl (C=O) groups excluding carboxylic acids is 1. The molecule has 0 bridgehead atoms. The lowest BCUT2D eigenvalue weighted by atomic mass is 9.94. The fourth-order valence-electron chi connectivity index (χ4n) is 2.99. The SMILES string of the molecule is COCCOCOc1c(-c2ccccc2)cc(C(=O)OC)cc1-c1ccccc1. The van der Waals surface area contributed by atoms with Crippen LogP contribution >= 0.6 is 0 Å². The van der Waals surface area contributed by atoms with E-state index in [1.54, 1.807) is 19.2 Å². The molecular formula is C24H24O5. The van der Waals surface area contributed by atoms with Crippen LogP contribution in [0.5, 0.6) is 5.75 Å². The summed E-state index contributed by atoms with van der Waals surface area (Å²) in [5, 5.41) is 0. The van der Waals surface area contributed by atoms with Gasteiger partial charge in [-0.25, -0.2) is 4.79 Å². The first kappa shape index (κ1) is 20.6. The molecule has 3 aromatic carbocycles. The number of rotatable bonds is 9. The molecule has 0 saturated heterocycles. The number of ether oxygens (including phenoxy) is 4. The summed E-state index contributed by atoms with van der Waals surface area (Å²) >= 11 is 0. The van der Waals surface area contributed by atoms with Crippen molar-refractivity contribution >= 4 is 5.97 Å². The third-order valence-corrected chi connectivity index (χ3v) is 4.40. The summed E-state index contributed by atoms with van der Waals surface area (Å²) < 4.78 is 21.5. The highest BCUT2D eigenvalue weighted by atomic mass is 16.7. The molecule has 0 saturated carbocycles. The third-order valence-electron chi connectivity index (χ3n) is 4.40. The van der Waals surface area contributed by atoms with Crippen LogP contribution in [0.3, 0.4) is 0 Å². The summed E-state index contributed by atoms with van der Waals surface area (Å²) in [5.41, 5.74) is 3.91. The highest BCUT2D eigenvalue weighted by molar-refractivity contribution is 5.96. The van der Waals surface area contributed by atoms with Gasteiger partial charge in [-0.2, -0.15) is 0 Å². The summed E-state index contributed by atoms with van der Waals surface area (Å²) in [5.74, 6) is 0.245. The van der Waals surface area contributed by atoms with Gasteiger partial charge in [-0.05, 0) is 23.3 Å². The van der Waals surface area contributed by atoms with Gasteiger partial charge in [0.05, 0.1) is 25.9 Å². The highest BCUT2D eigenvalue weighted by Gasteiger charge is 2.19. The van der Waals surface area contributed by atoms with Crippen molar-refractivity contribution in [1.82, 2.24) is 0 Å². The first-order chi connectivity index (χ1) is 14.2. The summed E-state index contributed by atoms with van der Waals surface area (Å²) in [6.07, 6.45) is 0. The molecule has 0 unspecified atom stereocenters. The lowest BCUT2D eigenvalue weighted by Crippen LogP contribution is -2.10. The molecule has 5 nitrogen and oxygen atoms in total. The Kier molecular flexibility index (Phi) is 7.39. The Morgan fingerprint density at radius 2 is 1.34 bits per heavy atom. The Hall–Kier alpha value is -3.15. The van der Waals surface area contributed by atoms with Gasteiger partial charge in [0.15, 0.2) is 6.79 Å². The summed E-state index contributed by atoms with van der Waals surface area (Å²) in [4.78, 5) is 12.3. The number of esters is 1. The van der Waals surface area contributed by atoms with Crippen molar-refractivity contribution < 1.29 is 23.7 Å². The minimum Gasteiger partial charge on any atom is -0.466 e. The standard InChI is InChI=1S/C24H24O5/c1-26-13-14-28-17-29-23-21(18-9-5-3-6-10-18)15-20(24(25)27-2)16-22(23)19-11-7-4-8-12-19/h3-12,15-16H,13-14,17H2,1-2H3. The summed E-state index contributed by atoms with van der Waals surface area (Å²) in [6, 6.07) is 23.2. The molecule has 0 spiro atoms. The number of methoxy groups -OCH3 is 2. The normalized spacial score (nSPS) is 10.6. The number of carbonyl (C=O) groups is 1. The Balaban J connectivity index is 2.11. The highest BCUT2D eigenvalue weighted by Crippen LogP contribution is 2.40.